The van der Waals surface area contributed by atoms with Crippen molar-refractivity contribution in [1.29, 1.82) is 5.26 Å². The van der Waals surface area contributed by atoms with Crippen LogP contribution in [0.25, 0.3) is 0 Å². The summed E-state index contributed by atoms with van der Waals surface area (Å²) >= 11 is 0. The van der Waals surface area contributed by atoms with E-state index in [1.165, 1.54) is 12.0 Å². The first-order valence-electron chi connectivity index (χ1n) is 7.18. The van der Waals surface area contributed by atoms with E-state index in [0.717, 1.165) is 25.0 Å². The second-order valence-electron chi connectivity index (χ2n) is 5.44. The van der Waals surface area contributed by atoms with Gasteiger partial charge in [-0.3, -0.25) is 4.79 Å². The van der Waals surface area contributed by atoms with E-state index in [-0.39, 0.29) is 11.9 Å². The zero-order valence-corrected chi connectivity index (χ0v) is 11.6. The minimum atomic E-state index is -0.273. The molecule has 0 saturated carbocycles. The van der Waals surface area contributed by atoms with E-state index in [4.69, 9.17) is 4.98 Å². The standard InChI is InChI=1S/C15H18N4O/c1-10-15(20)17-6-7-19(10)14-12(9-16)8-11-4-2-3-5-13(11)18-14/h8,10H,2-7H2,1H3,(H,17,20). The molecule has 0 bridgehead atoms. The lowest BCUT2D eigenvalue weighted by Gasteiger charge is -2.34. The molecule has 20 heavy (non-hydrogen) atoms. The summed E-state index contributed by atoms with van der Waals surface area (Å²) in [5.41, 5.74) is 2.89. The maximum absolute atomic E-state index is 11.8. The van der Waals surface area contributed by atoms with Crippen LogP contribution in [0.1, 0.15) is 36.6 Å². The van der Waals surface area contributed by atoms with Crippen molar-refractivity contribution in [2.45, 2.75) is 38.6 Å². The Labute approximate surface area is 118 Å². The molecule has 1 aromatic heterocycles. The number of aromatic nitrogens is 1. The number of piperazine rings is 1. The highest BCUT2D eigenvalue weighted by atomic mass is 16.2. The number of hydrogen-bond donors (Lipinski definition) is 1. The van der Waals surface area contributed by atoms with Gasteiger partial charge in [0, 0.05) is 18.8 Å². The lowest BCUT2D eigenvalue weighted by atomic mass is 9.94. The molecule has 1 N–H and O–H groups in total. The molecule has 2 heterocycles. The topological polar surface area (TPSA) is 69.0 Å². The normalized spacial score (nSPS) is 21.9. The number of pyridine rings is 1. The molecule has 0 spiro atoms. The van der Waals surface area contributed by atoms with Crippen molar-refractivity contribution in [3.63, 3.8) is 0 Å². The summed E-state index contributed by atoms with van der Waals surface area (Å²) in [4.78, 5) is 18.5. The monoisotopic (exact) mass is 270 g/mol. The minimum absolute atomic E-state index is 0.000314. The molecular weight excluding hydrogens is 252 g/mol. The van der Waals surface area contributed by atoms with E-state index in [1.54, 1.807) is 0 Å². The van der Waals surface area contributed by atoms with Crippen LogP contribution in [0.4, 0.5) is 5.82 Å². The molecule has 2 aliphatic rings. The van der Waals surface area contributed by atoms with E-state index in [1.807, 2.05) is 17.9 Å². The third kappa shape index (κ3) is 2.11. The third-order valence-corrected chi connectivity index (χ3v) is 4.17. The molecule has 1 aliphatic heterocycles. The Morgan fingerprint density at radius 1 is 1.45 bits per heavy atom. The molecule has 5 nitrogen and oxygen atoms in total. The van der Waals surface area contributed by atoms with Crippen molar-refractivity contribution >= 4 is 11.7 Å². The summed E-state index contributed by atoms with van der Waals surface area (Å²) in [7, 11) is 0. The van der Waals surface area contributed by atoms with Crippen LogP contribution >= 0.6 is 0 Å². The van der Waals surface area contributed by atoms with Crippen LogP contribution in [0.5, 0.6) is 0 Å². The van der Waals surface area contributed by atoms with Crippen LogP contribution in [0.3, 0.4) is 0 Å². The van der Waals surface area contributed by atoms with Gasteiger partial charge < -0.3 is 10.2 Å². The van der Waals surface area contributed by atoms with Crippen molar-refractivity contribution in [2.24, 2.45) is 0 Å². The highest BCUT2D eigenvalue weighted by Gasteiger charge is 2.29. The Bertz CT molecular complexity index is 590. The zero-order valence-electron chi connectivity index (χ0n) is 11.6. The van der Waals surface area contributed by atoms with Gasteiger partial charge in [-0.2, -0.15) is 5.26 Å². The molecule has 1 amide bonds. The fourth-order valence-corrected chi connectivity index (χ4v) is 3.00. The van der Waals surface area contributed by atoms with Gasteiger partial charge in [0.05, 0.1) is 5.56 Å². The molecule has 3 rings (SSSR count). The highest BCUT2D eigenvalue weighted by molar-refractivity contribution is 5.86. The van der Waals surface area contributed by atoms with E-state index in [0.29, 0.717) is 24.5 Å². The Morgan fingerprint density at radius 2 is 2.25 bits per heavy atom. The Balaban J connectivity index is 2.04. The lowest BCUT2D eigenvalue weighted by molar-refractivity contribution is -0.122. The molecule has 104 valence electrons. The Kier molecular flexibility index (Phi) is 3.31. The number of nitrogens with zero attached hydrogens (tertiary/aromatic N) is 3. The van der Waals surface area contributed by atoms with E-state index < -0.39 is 0 Å². The maximum Gasteiger partial charge on any atom is 0.242 e. The highest BCUT2D eigenvalue weighted by Crippen LogP contribution is 2.27. The number of fused-ring (bicyclic) bond motifs is 1. The molecule has 1 saturated heterocycles. The van der Waals surface area contributed by atoms with Crippen LogP contribution in [0, 0.1) is 11.3 Å². The number of nitriles is 1. The summed E-state index contributed by atoms with van der Waals surface area (Å²) in [5.74, 6) is 0.676. The first-order valence-corrected chi connectivity index (χ1v) is 7.18. The summed E-state index contributed by atoms with van der Waals surface area (Å²) in [6, 6.07) is 3.94. The molecule has 1 atom stereocenters. The second kappa shape index (κ2) is 5.12. The number of nitrogens with one attached hydrogen (secondary N) is 1. The van der Waals surface area contributed by atoms with E-state index in [9.17, 15) is 10.1 Å². The largest absolute Gasteiger partial charge is 0.353 e. The van der Waals surface area contributed by atoms with Gasteiger partial charge >= 0.3 is 0 Å². The molecule has 1 aliphatic carbocycles. The minimum Gasteiger partial charge on any atom is -0.353 e. The number of aryl methyl sites for hydroxylation is 2. The summed E-state index contributed by atoms with van der Waals surface area (Å²) in [5, 5.41) is 12.2. The van der Waals surface area contributed by atoms with Crippen LogP contribution in [-0.4, -0.2) is 30.0 Å². The Morgan fingerprint density at radius 3 is 3.05 bits per heavy atom. The predicted molar refractivity (Wildman–Crippen MR) is 75.4 cm³/mol. The van der Waals surface area contributed by atoms with Gasteiger partial charge in [-0.25, -0.2) is 4.98 Å². The predicted octanol–water partition coefficient (Wildman–Crippen LogP) is 1.16. The van der Waals surface area contributed by atoms with E-state index >= 15 is 0 Å². The van der Waals surface area contributed by atoms with Gasteiger partial charge in [0.15, 0.2) is 0 Å². The third-order valence-electron chi connectivity index (χ3n) is 4.17. The number of carbonyl (C=O) groups is 1. The lowest BCUT2D eigenvalue weighted by Crippen LogP contribution is -2.54. The summed E-state index contributed by atoms with van der Waals surface area (Å²) < 4.78 is 0. The average Bonchev–Trinajstić information content (AvgIpc) is 2.48. The van der Waals surface area contributed by atoms with Gasteiger partial charge in [0.2, 0.25) is 5.91 Å². The molecule has 0 aromatic carbocycles. The quantitative estimate of drug-likeness (QED) is 0.831. The van der Waals surface area contributed by atoms with Crippen molar-refractivity contribution in [3.8, 4) is 6.07 Å². The molecule has 0 radical (unpaired) electrons. The van der Waals surface area contributed by atoms with E-state index in [2.05, 4.69) is 11.4 Å². The van der Waals surface area contributed by atoms with Crippen molar-refractivity contribution < 1.29 is 4.79 Å². The first-order chi connectivity index (χ1) is 9.70. The van der Waals surface area contributed by atoms with Gasteiger partial charge in [-0.15, -0.1) is 0 Å². The van der Waals surface area contributed by atoms with Crippen LogP contribution < -0.4 is 10.2 Å². The van der Waals surface area contributed by atoms with Gasteiger partial charge in [-0.05, 0) is 44.2 Å². The van der Waals surface area contributed by atoms with Crippen LogP contribution in [0.15, 0.2) is 6.07 Å². The zero-order chi connectivity index (χ0) is 14.1. The van der Waals surface area contributed by atoms with Crippen molar-refractivity contribution in [1.82, 2.24) is 10.3 Å². The average molecular weight is 270 g/mol. The van der Waals surface area contributed by atoms with Crippen molar-refractivity contribution in [3.05, 3.63) is 22.9 Å². The van der Waals surface area contributed by atoms with Crippen LogP contribution in [-0.2, 0) is 17.6 Å². The summed E-state index contributed by atoms with van der Waals surface area (Å²) in [6.07, 6.45) is 4.30. The molecule has 1 fully saturated rings. The smallest absolute Gasteiger partial charge is 0.242 e. The first kappa shape index (κ1) is 12.9. The fourth-order valence-electron chi connectivity index (χ4n) is 3.00. The van der Waals surface area contributed by atoms with Gasteiger partial charge in [0.1, 0.15) is 17.9 Å². The Hall–Kier alpha value is -2.09. The molecular formula is C15H18N4O. The number of carbonyl (C=O) groups excluding carboxylic acids is 1. The SMILES string of the molecule is CC1C(=O)NCCN1c1nc2c(cc1C#N)CCCC2. The fraction of sp³-hybridized carbons (Fsp3) is 0.533. The molecule has 5 heteroatoms. The van der Waals surface area contributed by atoms with Crippen LogP contribution in [0.2, 0.25) is 0 Å². The molecule has 1 aromatic rings. The second-order valence-corrected chi connectivity index (χ2v) is 5.44. The molecule has 1 unspecified atom stereocenters. The maximum atomic E-state index is 11.8. The van der Waals surface area contributed by atoms with Gasteiger partial charge in [-0.1, -0.05) is 0 Å². The number of hydrogen-bond acceptors (Lipinski definition) is 4. The number of anilines is 1. The summed E-state index contributed by atoms with van der Waals surface area (Å²) in [6.45, 7) is 3.16. The van der Waals surface area contributed by atoms with Gasteiger partial charge in [0.25, 0.3) is 0 Å². The number of amides is 1. The number of rotatable bonds is 1. The van der Waals surface area contributed by atoms with Crippen molar-refractivity contribution in [2.75, 3.05) is 18.0 Å².